The van der Waals surface area contributed by atoms with Gasteiger partial charge in [0.05, 0.1) is 0 Å². The van der Waals surface area contributed by atoms with Crippen LogP contribution in [-0.2, 0) is 0 Å². The summed E-state index contributed by atoms with van der Waals surface area (Å²) in [6.07, 6.45) is 1.000. The lowest BCUT2D eigenvalue weighted by Crippen LogP contribution is -2.03. The lowest BCUT2D eigenvalue weighted by atomic mass is 9.98. The first-order valence-electron chi connectivity index (χ1n) is 7.14. The van der Waals surface area contributed by atoms with Gasteiger partial charge < -0.3 is 9.84 Å². The van der Waals surface area contributed by atoms with Gasteiger partial charge in [-0.1, -0.05) is 44.2 Å². The standard InChI is InChI=1S/C18H20O3/c1-4-12(2)14-9-5-6-11-16(14)21-17-13(3)8-7-10-15(17)18(19)20/h5-12H,4H2,1-3H3,(H,19,20). The monoisotopic (exact) mass is 284 g/mol. The third-order valence-electron chi connectivity index (χ3n) is 3.72. The molecule has 0 bridgehead atoms. The second kappa shape index (κ2) is 6.44. The molecule has 0 aromatic heterocycles. The van der Waals surface area contributed by atoms with E-state index in [1.54, 1.807) is 12.1 Å². The Labute approximate surface area is 125 Å². The molecule has 0 heterocycles. The van der Waals surface area contributed by atoms with E-state index in [9.17, 15) is 9.90 Å². The maximum Gasteiger partial charge on any atom is 0.339 e. The molecule has 0 amide bonds. The number of benzene rings is 2. The number of carboxylic acids is 1. The zero-order chi connectivity index (χ0) is 15.4. The van der Waals surface area contributed by atoms with Crippen LogP contribution in [0.15, 0.2) is 42.5 Å². The van der Waals surface area contributed by atoms with E-state index in [1.165, 1.54) is 0 Å². The molecule has 0 radical (unpaired) electrons. The van der Waals surface area contributed by atoms with Gasteiger partial charge in [0.25, 0.3) is 0 Å². The van der Waals surface area contributed by atoms with E-state index in [-0.39, 0.29) is 5.56 Å². The summed E-state index contributed by atoms with van der Waals surface area (Å²) in [6, 6.07) is 12.9. The molecule has 2 rings (SSSR count). The summed E-state index contributed by atoms with van der Waals surface area (Å²) >= 11 is 0. The molecule has 3 heteroatoms. The Morgan fingerprint density at radius 3 is 2.57 bits per heavy atom. The molecule has 1 atom stereocenters. The Bertz CT molecular complexity index is 647. The first kappa shape index (κ1) is 15.1. The number of carboxylic acid groups (broad SMARTS) is 1. The Hall–Kier alpha value is -2.29. The third kappa shape index (κ3) is 3.24. The average Bonchev–Trinajstić information content (AvgIpc) is 2.48. The fourth-order valence-corrected chi connectivity index (χ4v) is 2.27. The summed E-state index contributed by atoms with van der Waals surface area (Å²) in [7, 11) is 0. The number of carbonyl (C=O) groups is 1. The van der Waals surface area contributed by atoms with Crippen molar-refractivity contribution in [1.29, 1.82) is 0 Å². The van der Waals surface area contributed by atoms with Crippen molar-refractivity contribution >= 4 is 5.97 Å². The first-order chi connectivity index (χ1) is 10.0. The van der Waals surface area contributed by atoms with E-state index >= 15 is 0 Å². The van der Waals surface area contributed by atoms with Crippen LogP contribution in [0, 0.1) is 6.92 Å². The zero-order valence-corrected chi connectivity index (χ0v) is 12.6. The second-order valence-corrected chi connectivity index (χ2v) is 5.21. The molecule has 0 spiro atoms. The smallest absolute Gasteiger partial charge is 0.339 e. The van der Waals surface area contributed by atoms with Crippen molar-refractivity contribution in [2.24, 2.45) is 0 Å². The van der Waals surface area contributed by atoms with Crippen molar-refractivity contribution in [1.82, 2.24) is 0 Å². The number of ether oxygens (including phenoxy) is 1. The summed E-state index contributed by atoms with van der Waals surface area (Å²) in [4.78, 5) is 11.4. The quantitative estimate of drug-likeness (QED) is 0.840. The first-order valence-corrected chi connectivity index (χ1v) is 7.14. The minimum absolute atomic E-state index is 0.189. The Morgan fingerprint density at radius 2 is 1.90 bits per heavy atom. The molecule has 1 unspecified atom stereocenters. The maximum absolute atomic E-state index is 11.4. The van der Waals surface area contributed by atoms with Gasteiger partial charge in [-0.3, -0.25) is 0 Å². The topological polar surface area (TPSA) is 46.5 Å². The van der Waals surface area contributed by atoms with Crippen LogP contribution < -0.4 is 4.74 Å². The highest BCUT2D eigenvalue weighted by atomic mass is 16.5. The van der Waals surface area contributed by atoms with Crippen LogP contribution in [0.25, 0.3) is 0 Å². The lowest BCUT2D eigenvalue weighted by Gasteiger charge is -2.17. The van der Waals surface area contributed by atoms with Crippen LogP contribution in [-0.4, -0.2) is 11.1 Å². The van der Waals surface area contributed by atoms with E-state index < -0.39 is 5.97 Å². The van der Waals surface area contributed by atoms with E-state index in [0.717, 1.165) is 23.3 Å². The molecule has 2 aromatic carbocycles. The highest BCUT2D eigenvalue weighted by Crippen LogP contribution is 2.35. The minimum Gasteiger partial charge on any atom is -0.478 e. The summed E-state index contributed by atoms with van der Waals surface area (Å²) in [5.41, 5.74) is 2.10. The van der Waals surface area contributed by atoms with Gasteiger partial charge in [0, 0.05) is 0 Å². The van der Waals surface area contributed by atoms with Gasteiger partial charge in [0.1, 0.15) is 17.1 Å². The van der Waals surface area contributed by atoms with Crippen LogP contribution in [0.2, 0.25) is 0 Å². The van der Waals surface area contributed by atoms with Crippen LogP contribution in [0.4, 0.5) is 0 Å². The third-order valence-corrected chi connectivity index (χ3v) is 3.72. The molecule has 3 nitrogen and oxygen atoms in total. The number of rotatable bonds is 5. The van der Waals surface area contributed by atoms with Gasteiger partial charge in [-0.2, -0.15) is 0 Å². The minimum atomic E-state index is -0.977. The second-order valence-electron chi connectivity index (χ2n) is 5.21. The molecule has 0 saturated carbocycles. The number of para-hydroxylation sites is 2. The van der Waals surface area contributed by atoms with E-state index in [4.69, 9.17) is 4.74 Å². The molecule has 0 aliphatic rings. The Balaban J connectivity index is 2.46. The predicted octanol–water partition coefficient (Wildman–Crippen LogP) is 5.00. The van der Waals surface area contributed by atoms with Crippen molar-refractivity contribution in [2.75, 3.05) is 0 Å². The van der Waals surface area contributed by atoms with Crippen molar-refractivity contribution < 1.29 is 14.6 Å². The van der Waals surface area contributed by atoms with Gasteiger partial charge in [0.15, 0.2) is 0 Å². The Morgan fingerprint density at radius 1 is 1.19 bits per heavy atom. The van der Waals surface area contributed by atoms with Crippen LogP contribution >= 0.6 is 0 Å². The van der Waals surface area contributed by atoms with E-state index in [2.05, 4.69) is 13.8 Å². The number of hydrogen-bond acceptors (Lipinski definition) is 2. The highest BCUT2D eigenvalue weighted by molar-refractivity contribution is 5.91. The SMILES string of the molecule is CCC(C)c1ccccc1Oc1c(C)cccc1C(=O)O. The van der Waals surface area contributed by atoms with Crippen molar-refractivity contribution in [2.45, 2.75) is 33.1 Å². The summed E-state index contributed by atoms with van der Waals surface area (Å²) in [5.74, 6) is 0.526. The van der Waals surface area contributed by atoms with Crippen LogP contribution in [0.5, 0.6) is 11.5 Å². The molecule has 2 aromatic rings. The van der Waals surface area contributed by atoms with Crippen LogP contribution in [0.3, 0.4) is 0 Å². The van der Waals surface area contributed by atoms with Gasteiger partial charge in [0.2, 0.25) is 0 Å². The van der Waals surface area contributed by atoms with Crippen LogP contribution in [0.1, 0.15) is 47.7 Å². The lowest BCUT2D eigenvalue weighted by molar-refractivity contribution is 0.0694. The number of aromatic carboxylic acids is 1. The maximum atomic E-state index is 11.4. The highest BCUT2D eigenvalue weighted by Gasteiger charge is 2.17. The molecule has 21 heavy (non-hydrogen) atoms. The van der Waals surface area contributed by atoms with Crippen molar-refractivity contribution in [3.8, 4) is 11.5 Å². The molecular weight excluding hydrogens is 264 g/mol. The van der Waals surface area contributed by atoms with Gasteiger partial charge in [-0.05, 0) is 42.5 Å². The molecule has 0 aliphatic carbocycles. The number of hydrogen-bond donors (Lipinski definition) is 1. The van der Waals surface area contributed by atoms with Gasteiger partial charge in [-0.25, -0.2) is 4.79 Å². The van der Waals surface area contributed by atoms with Crippen molar-refractivity contribution in [3.05, 3.63) is 59.2 Å². The Kier molecular flexibility index (Phi) is 4.63. The molecule has 0 fully saturated rings. The largest absolute Gasteiger partial charge is 0.478 e. The molecule has 110 valence electrons. The van der Waals surface area contributed by atoms with E-state index in [0.29, 0.717) is 11.7 Å². The summed E-state index contributed by atoms with van der Waals surface area (Å²) in [6.45, 7) is 6.11. The fraction of sp³-hybridized carbons (Fsp3) is 0.278. The molecule has 0 saturated heterocycles. The summed E-state index contributed by atoms with van der Waals surface area (Å²) in [5, 5.41) is 9.31. The number of aryl methyl sites for hydroxylation is 1. The van der Waals surface area contributed by atoms with Crippen molar-refractivity contribution in [3.63, 3.8) is 0 Å². The molecular formula is C18H20O3. The molecule has 0 aliphatic heterocycles. The average molecular weight is 284 g/mol. The molecule has 1 N–H and O–H groups in total. The van der Waals surface area contributed by atoms with Gasteiger partial charge in [-0.15, -0.1) is 0 Å². The fourth-order valence-electron chi connectivity index (χ4n) is 2.27. The normalized spacial score (nSPS) is 12.0. The summed E-state index contributed by atoms with van der Waals surface area (Å²) < 4.78 is 5.97. The van der Waals surface area contributed by atoms with E-state index in [1.807, 2.05) is 37.3 Å². The zero-order valence-electron chi connectivity index (χ0n) is 12.6. The predicted molar refractivity (Wildman–Crippen MR) is 83.4 cm³/mol. The van der Waals surface area contributed by atoms with Gasteiger partial charge >= 0.3 is 5.97 Å².